The van der Waals surface area contributed by atoms with Gasteiger partial charge >= 0.3 is 0 Å². The molecule has 3 heteroatoms. The second-order valence-electron chi connectivity index (χ2n) is 2.55. The average molecular weight is 152 g/mol. The fourth-order valence-corrected chi connectivity index (χ4v) is 1.01. The average Bonchev–Trinajstić information content (AvgIpc) is 2.34. The Morgan fingerprint density at radius 3 is 3.09 bits per heavy atom. The minimum absolute atomic E-state index is 0.549. The van der Waals surface area contributed by atoms with Crippen molar-refractivity contribution in [3.63, 3.8) is 0 Å². The van der Waals surface area contributed by atoms with Gasteiger partial charge in [-0.3, -0.25) is 0 Å². The lowest BCUT2D eigenvalue weighted by Gasteiger charge is -1.95. The van der Waals surface area contributed by atoms with E-state index in [1.165, 1.54) is 0 Å². The normalized spacial score (nSPS) is 24.1. The van der Waals surface area contributed by atoms with Gasteiger partial charge in [-0.1, -0.05) is 18.2 Å². The molecule has 1 aliphatic rings. The topological polar surface area (TPSA) is 47.6 Å². The molecule has 1 heterocycles. The fraction of sp³-hybridized carbons (Fsp3) is 0.375. The van der Waals surface area contributed by atoms with E-state index in [2.05, 4.69) is 11.7 Å². The molecule has 1 aliphatic heterocycles. The van der Waals surface area contributed by atoms with Gasteiger partial charge in [0.1, 0.15) is 0 Å². The summed E-state index contributed by atoms with van der Waals surface area (Å²) in [5, 5.41) is 3.51. The Hall–Kier alpha value is -1.25. The summed E-state index contributed by atoms with van der Waals surface area (Å²) in [5.41, 5.74) is 2.03. The van der Waals surface area contributed by atoms with E-state index in [4.69, 9.17) is 10.6 Å². The Labute approximate surface area is 66.2 Å². The molecule has 0 spiro atoms. The maximum Gasteiger partial charge on any atom is 0.233 e. The zero-order valence-electron chi connectivity index (χ0n) is 6.63. The first-order valence-electron chi connectivity index (χ1n) is 3.51. The SMILES string of the molecule is C=C(C)/C=C1/CCO/C1=N/N. The van der Waals surface area contributed by atoms with Gasteiger partial charge in [-0.15, -0.1) is 5.10 Å². The van der Waals surface area contributed by atoms with E-state index in [1.54, 1.807) is 0 Å². The Bertz CT molecular complexity index is 228. The predicted octanol–water partition coefficient (Wildman–Crippen LogP) is 1.18. The van der Waals surface area contributed by atoms with Crippen molar-refractivity contribution in [2.24, 2.45) is 10.9 Å². The highest BCUT2D eigenvalue weighted by Gasteiger charge is 2.15. The van der Waals surface area contributed by atoms with Gasteiger partial charge in [0.05, 0.1) is 6.61 Å². The van der Waals surface area contributed by atoms with E-state index in [0.29, 0.717) is 12.5 Å². The van der Waals surface area contributed by atoms with E-state index < -0.39 is 0 Å². The van der Waals surface area contributed by atoms with Gasteiger partial charge in [-0.05, 0) is 6.92 Å². The molecule has 0 bridgehead atoms. The molecule has 0 aromatic carbocycles. The molecular formula is C8H12N2O. The van der Waals surface area contributed by atoms with Crippen LogP contribution in [0.15, 0.2) is 28.9 Å². The van der Waals surface area contributed by atoms with Crippen LogP contribution in [0, 0.1) is 0 Å². The molecule has 0 radical (unpaired) electrons. The van der Waals surface area contributed by atoms with Crippen molar-refractivity contribution in [3.8, 4) is 0 Å². The molecule has 1 fully saturated rings. The highest BCUT2D eigenvalue weighted by Crippen LogP contribution is 2.15. The highest BCUT2D eigenvalue weighted by molar-refractivity contribution is 5.95. The molecule has 0 aliphatic carbocycles. The van der Waals surface area contributed by atoms with Crippen LogP contribution in [0.1, 0.15) is 13.3 Å². The zero-order chi connectivity index (χ0) is 8.27. The largest absolute Gasteiger partial charge is 0.476 e. The molecule has 2 N–H and O–H groups in total. The summed E-state index contributed by atoms with van der Waals surface area (Å²) >= 11 is 0. The van der Waals surface area contributed by atoms with Crippen molar-refractivity contribution in [1.82, 2.24) is 0 Å². The van der Waals surface area contributed by atoms with Crippen LogP contribution in [-0.4, -0.2) is 12.5 Å². The van der Waals surface area contributed by atoms with Crippen LogP contribution in [0.5, 0.6) is 0 Å². The first-order chi connectivity index (χ1) is 5.24. The summed E-state index contributed by atoms with van der Waals surface area (Å²) < 4.78 is 5.13. The first kappa shape index (κ1) is 7.85. The number of nitrogens with zero attached hydrogens (tertiary/aromatic N) is 1. The molecule has 0 amide bonds. The van der Waals surface area contributed by atoms with Gasteiger partial charge in [-0.2, -0.15) is 0 Å². The van der Waals surface area contributed by atoms with E-state index >= 15 is 0 Å². The molecule has 0 aromatic heterocycles. The number of ether oxygens (including phenoxy) is 1. The van der Waals surface area contributed by atoms with E-state index in [1.807, 2.05) is 13.0 Å². The van der Waals surface area contributed by atoms with Crippen molar-refractivity contribution in [2.75, 3.05) is 6.61 Å². The Morgan fingerprint density at radius 2 is 2.55 bits per heavy atom. The minimum Gasteiger partial charge on any atom is -0.476 e. The van der Waals surface area contributed by atoms with Crippen LogP contribution in [0.25, 0.3) is 0 Å². The van der Waals surface area contributed by atoms with Crippen molar-refractivity contribution < 1.29 is 4.74 Å². The molecule has 60 valence electrons. The summed E-state index contributed by atoms with van der Waals surface area (Å²) in [5.74, 6) is 5.64. The number of hydrogen-bond acceptors (Lipinski definition) is 3. The maximum absolute atomic E-state index is 5.13. The number of hydrazone groups is 1. The summed E-state index contributed by atoms with van der Waals surface area (Å²) in [6.07, 6.45) is 2.82. The Balaban J connectivity index is 2.79. The smallest absolute Gasteiger partial charge is 0.233 e. The second kappa shape index (κ2) is 3.23. The molecule has 1 rings (SSSR count). The van der Waals surface area contributed by atoms with Gasteiger partial charge in [-0.25, -0.2) is 0 Å². The number of rotatable bonds is 1. The van der Waals surface area contributed by atoms with Gasteiger partial charge < -0.3 is 10.6 Å². The Kier molecular flexibility index (Phi) is 2.31. The van der Waals surface area contributed by atoms with Crippen LogP contribution in [-0.2, 0) is 4.74 Å². The van der Waals surface area contributed by atoms with Crippen molar-refractivity contribution in [1.29, 1.82) is 0 Å². The molecule has 0 saturated carbocycles. The lowest BCUT2D eigenvalue weighted by atomic mass is 10.1. The van der Waals surface area contributed by atoms with Gasteiger partial charge in [0, 0.05) is 12.0 Å². The second-order valence-corrected chi connectivity index (χ2v) is 2.55. The number of hydrogen-bond donors (Lipinski definition) is 1. The summed E-state index contributed by atoms with van der Waals surface area (Å²) in [4.78, 5) is 0. The van der Waals surface area contributed by atoms with Crippen molar-refractivity contribution >= 4 is 5.90 Å². The third-order valence-electron chi connectivity index (χ3n) is 1.42. The predicted molar refractivity (Wildman–Crippen MR) is 45.1 cm³/mol. The monoisotopic (exact) mass is 152 g/mol. The summed E-state index contributed by atoms with van der Waals surface area (Å²) in [7, 11) is 0. The third kappa shape index (κ3) is 1.83. The molecule has 0 atom stereocenters. The molecule has 1 saturated heterocycles. The number of allylic oxidation sites excluding steroid dienone is 2. The standard InChI is InChI=1S/C8H12N2O/c1-6(2)5-7-3-4-11-8(7)10-9/h5H,1,3-4,9H2,2H3/b7-5-,10-8+. The zero-order valence-corrected chi connectivity index (χ0v) is 6.63. The lowest BCUT2D eigenvalue weighted by molar-refractivity contribution is 0.342. The Morgan fingerprint density at radius 1 is 1.82 bits per heavy atom. The van der Waals surface area contributed by atoms with Crippen LogP contribution in [0.2, 0.25) is 0 Å². The quantitative estimate of drug-likeness (QED) is 0.453. The van der Waals surface area contributed by atoms with Crippen molar-refractivity contribution in [2.45, 2.75) is 13.3 Å². The number of nitrogens with two attached hydrogens (primary N) is 1. The van der Waals surface area contributed by atoms with Gasteiger partial charge in [0.25, 0.3) is 0 Å². The van der Waals surface area contributed by atoms with Crippen LogP contribution in [0.4, 0.5) is 0 Å². The van der Waals surface area contributed by atoms with Gasteiger partial charge in [0.2, 0.25) is 5.90 Å². The molecule has 3 nitrogen and oxygen atoms in total. The van der Waals surface area contributed by atoms with Gasteiger partial charge in [0.15, 0.2) is 0 Å². The summed E-state index contributed by atoms with van der Waals surface area (Å²) in [6, 6.07) is 0. The highest BCUT2D eigenvalue weighted by atomic mass is 16.5. The van der Waals surface area contributed by atoms with Crippen LogP contribution in [0.3, 0.4) is 0 Å². The van der Waals surface area contributed by atoms with E-state index in [0.717, 1.165) is 17.6 Å². The van der Waals surface area contributed by atoms with E-state index in [9.17, 15) is 0 Å². The first-order valence-corrected chi connectivity index (χ1v) is 3.51. The van der Waals surface area contributed by atoms with E-state index in [-0.39, 0.29) is 0 Å². The molecule has 11 heavy (non-hydrogen) atoms. The maximum atomic E-state index is 5.13. The lowest BCUT2D eigenvalue weighted by Crippen LogP contribution is -2.00. The van der Waals surface area contributed by atoms with Crippen molar-refractivity contribution in [3.05, 3.63) is 23.8 Å². The van der Waals surface area contributed by atoms with Crippen LogP contribution >= 0.6 is 0 Å². The fourth-order valence-electron chi connectivity index (χ4n) is 1.01. The summed E-state index contributed by atoms with van der Waals surface area (Å²) in [6.45, 7) is 6.37. The molecule has 0 aromatic rings. The van der Waals surface area contributed by atoms with Crippen LogP contribution < -0.4 is 5.84 Å². The molecular weight excluding hydrogens is 140 g/mol. The minimum atomic E-state index is 0.549. The molecule has 0 unspecified atom stereocenters. The third-order valence-corrected chi connectivity index (χ3v) is 1.42.